The minimum atomic E-state index is -1.60. The van der Waals surface area contributed by atoms with Crippen LogP contribution in [0.1, 0.15) is 33.9 Å². The van der Waals surface area contributed by atoms with E-state index >= 15 is 0 Å². The number of fused-ring (bicyclic) bond motifs is 1. The first-order chi connectivity index (χ1) is 12.6. The van der Waals surface area contributed by atoms with Crippen LogP contribution in [0.5, 0.6) is 0 Å². The van der Waals surface area contributed by atoms with E-state index in [1.54, 1.807) is 0 Å². The van der Waals surface area contributed by atoms with Gasteiger partial charge in [0.1, 0.15) is 0 Å². The van der Waals surface area contributed by atoms with E-state index in [9.17, 15) is 18.0 Å². The molecule has 1 saturated heterocycles. The Morgan fingerprint density at radius 3 is 2.42 bits per heavy atom. The second-order valence-corrected chi connectivity index (χ2v) is 6.80. The lowest BCUT2D eigenvalue weighted by molar-refractivity contribution is 0.0562. The number of carbonyl (C=O) groups is 1. The van der Waals surface area contributed by atoms with Gasteiger partial charge in [-0.3, -0.25) is 9.69 Å². The molecule has 0 aromatic heterocycles. The van der Waals surface area contributed by atoms with Crippen molar-refractivity contribution in [2.24, 2.45) is 0 Å². The number of aryl methyl sites for hydroxylation is 1. The van der Waals surface area contributed by atoms with Gasteiger partial charge in [0.2, 0.25) is 0 Å². The summed E-state index contributed by atoms with van der Waals surface area (Å²) >= 11 is 0. The summed E-state index contributed by atoms with van der Waals surface area (Å²) in [5.41, 5.74) is 2.31. The SMILES string of the molecule is O=C(c1ccc(F)c(F)c1F)N1CCN(C2CCc3ccccc32)CC1. The average molecular weight is 360 g/mol. The number of hydrogen-bond donors (Lipinski definition) is 0. The maximum Gasteiger partial charge on any atom is 0.257 e. The van der Waals surface area contributed by atoms with Crippen molar-refractivity contribution in [3.05, 3.63) is 70.5 Å². The smallest absolute Gasteiger partial charge is 0.257 e. The van der Waals surface area contributed by atoms with Gasteiger partial charge in [-0.2, -0.15) is 0 Å². The van der Waals surface area contributed by atoms with Crippen molar-refractivity contribution in [3.8, 4) is 0 Å². The largest absolute Gasteiger partial charge is 0.336 e. The Morgan fingerprint density at radius 2 is 1.65 bits per heavy atom. The predicted octanol–water partition coefficient (Wildman–Crippen LogP) is 3.55. The van der Waals surface area contributed by atoms with Crippen molar-refractivity contribution in [1.29, 1.82) is 0 Å². The highest BCUT2D eigenvalue weighted by Gasteiger charge is 2.32. The van der Waals surface area contributed by atoms with Gasteiger partial charge < -0.3 is 4.90 Å². The number of rotatable bonds is 2. The van der Waals surface area contributed by atoms with E-state index in [0.29, 0.717) is 32.2 Å². The summed E-state index contributed by atoms with van der Waals surface area (Å²) in [6.07, 6.45) is 2.12. The highest BCUT2D eigenvalue weighted by Crippen LogP contribution is 2.36. The third-order valence-corrected chi connectivity index (χ3v) is 5.41. The van der Waals surface area contributed by atoms with Crippen molar-refractivity contribution >= 4 is 5.91 Å². The van der Waals surface area contributed by atoms with Crippen molar-refractivity contribution in [1.82, 2.24) is 9.80 Å². The highest BCUT2D eigenvalue weighted by molar-refractivity contribution is 5.94. The first-order valence-electron chi connectivity index (χ1n) is 8.81. The number of amides is 1. The van der Waals surface area contributed by atoms with Gasteiger partial charge in [0.25, 0.3) is 5.91 Å². The van der Waals surface area contributed by atoms with Crippen LogP contribution >= 0.6 is 0 Å². The van der Waals surface area contributed by atoms with Crippen LogP contribution in [0.3, 0.4) is 0 Å². The van der Waals surface area contributed by atoms with Gasteiger partial charge in [-0.25, -0.2) is 13.2 Å². The molecular weight excluding hydrogens is 341 g/mol. The molecule has 1 amide bonds. The Morgan fingerprint density at radius 1 is 0.923 bits per heavy atom. The topological polar surface area (TPSA) is 23.6 Å². The Hall–Kier alpha value is -2.34. The van der Waals surface area contributed by atoms with Crippen LogP contribution in [0.15, 0.2) is 36.4 Å². The van der Waals surface area contributed by atoms with Crippen LogP contribution in [0, 0.1) is 17.5 Å². The number of carbonyl (C=O) groups excluding carboxylic acids is 1. The van der Waals surface area contributed by atoms with Crippen molar-refractivity contribution in [2.75, 3.05) is 26.2 Å². The van der Waals surface area contributed by atoms with E-state index in [2.05, 4.69) is 17.0 Å². The molecule has 0 bridgehead atoms. The fourth-order valence-electron chi connectivity index (χ4n) is 4.01. The minimum Gasteiger partial charge on any atom is -0.336 e. The number of hydrogen-bond acceptors (Lipinski definition) is 2. The maximum atomic E-state index is 13.9. The molecule has 1 fully saturated rings. The predicted molar refractivity (Wildman–Crippen MR) is 91.3 cm³/mol. The molecule has 2 aliphatic rings. The normalized spacial score (nSPS) is 20.3. The van der Waals surface area contributed by atoms with Crippen LogP contribution < -0.4 is 0 Å². The second kappa shape index (κ2) is 6.76. The Bertz CT molecular complexity index is 847. The molecule has 136 valence electrons. The van der Waals surface area contributed by atoms with Crippen LogP contribution in [0.2, 0.25) is 0 Å². The quantitative estimate of drug-likeness (QED) is 0.765. The molecule has 2 aromatic carbocycles. The first-order valence-corrected chi connectivity index (χ1v) is 8.81. The van der Waals surface area contributed by atoms with E-state index in [4.69, 9.17) is 0 Å². The number of piperazine rings is 1. The second-order valence-electron chi connectivity index (χ2n) is 6.80. The lowest BCUT2D eigenvalue weighted by atomic mass is 10.1. The molecule has 6 heteroatoms. The van der Waals surface area contributed by atoms with E-state index in [0.717, 1.165) is 25.0 Å². The average Bonchev–Trinajstić information content (AvgIpc) is 3.10. The van der Waals surface area contributed by atoms with Gasteiger partial charge in [-0.15, -0.1) is 0 Å². The summed E-state index contributed by atoms with van der Waals surface area (Å²) in [5.74, 6) is -4.89. The first kappa shape index (κ1) is 17.1. The molecule has 3 nitrogen and oxygen atoms in total. The molecule has 2 aromatic rings. The lowest BCUT2D eigenvalue weighted by Gasteiger charge is -2.38. The molecule has 1 heterocycles. The molecule has 0 saturated carbocycles. The molecule has 1 atom stereocenters. The third-order valence-electron chi connectivity index (χ3n) is 5.41. The lowest BCUT2D eigenvalue weighted by Crippen LogP contribution is -2.49. The molecule has 1 aliphatic heterocycles. The van der Waals surface area contributed by atoms with E-state index in [-0.39, 0.29) is 0 Å². The summed E-state index contributed by atoms with van der Waals surface area (Å²) < 4.78 is 40.3. The van der Waals surface area contributed by atoms with Gasteiger partial charge >= 0.3 is 0 Å². The van der Waals surface area contributed by atoms with E-state index in [1.165, 1.54) is 16.0 Å². The van der Waals surface area contributed by atoms with Crippen molar-refractivity contribution < 1.29 is 18.0 Å². The van der Waals surface area contributed by atoms with Gasteiger partial charge in [0.15, 0.2) is 17.5 Å². The Labute approximate surface area is 150 Å². The van der Waals surface area contributed by atoms with Crippen LogP contribution in [-0.4, -0.2) is 41.9 Å². The van der Waals surface area contributed by atoms with Gasteiger partial charge in [-0.1, -0.05) is 24.3 Å². The summed E-state index contributed by atoms with van der Waals surface area (Å²) in [7, 11) is 0. The summed E-state index contributed by atoms with van der Waals surface area (Å²) in [5, 5.41) is 0. The fourth-order valence-corrected chi connectivity index (χ4v) is 4.01. The van der Waals surface area contributed by atoms with Crippen LogP contribution in [0.4, 0.5) is 13.2 Å². The molecule has 0 spiro atoms. The zero-order valence-electron chi connectivity index (χ0n) is 14.2. The summed E-state index contributed by atoms with van der Waals surface area (Å²) in [6, 6.07) is 10.6. The third kappa shape index (κ3) is 2.88. The highest BCUT2D eigenvalue weighted by atomic mass is 19.2. The van der Waals surface area contributed by atoms with Gasteiger partial charge in [-0.05, 0) is 36.1 Å². The maximum absolute atomic E-state index is 13.9. The molecule has 4 rings (SSSR count). The molecule has 0 N–H and O–H groups in total. The Balaban J connectivity index is 1.44. The summed E-state index contributed by atoms with van der Waals surface area (Å²) in [4.78, 5) is 16.3. The van der Waals surface area contributed by atoms with Gasteiger partial charge in [0.05, 0.1) is 5.56 Å². The molecular formula is C20H19F3N2O. The van der Waals surface area contributed by atoms with Gasteiger partial charge in [0, 0.05) is 32.2 Å². The zero-order valence-corrected chi connectivity index (χ0v) is 14.2. The molecule has 0 radical (unpaired) electrons. The van der Waals surface area contributed by atoms with E-state index in [1.807, 2.05) is 12.1 Å². The number of nitrogens with zero attached hydrogens (tertiary/aromatic N) is 2. The number of benzene rings is 2. The van der Waals surface area contributed by atoms with Crippen molar-refractivity contribution in [2.45, 2.75) is 18.9 Å². The minimum absolute atomic E-state index is 0.350. The van der Waals surface area contributed by atoms with Crippen LogP contribution in [0.25, 0.3) is 0 Å². The molecule has 26 heavy (non-hydrogen) atoms. The zero-order chi connectivity index (χ0) is 18.3. The standard InChI is InChI=1S/C20H19F3N2O/c21-16-7-6-15(18(22)19(16)23)20(26)25-11-9-24(10-12-25)17-8-5-13-3-1-2-4-14(13)17/h1-4,6-7,17H,5,8-12H2. The monoisotopic (exact) mass is 360 g/mol. The molecule has 1 aliphatic carbocycles. The number of halogens is 3. The fraction of sp³-hybridized carbons (Fsp3) is 0.350. The van der Waals surface area contributed by atoms with Crippen LogP contribution in [-0.2, 0) is 6.42 Å². The molecule has 1 unspecified atom stereocenters. The van der Waals surface area contributed by atoms with E-state index < -0.39 is 28.9 Å². The van der Waals surface area contributed by atoms with Crippen molar-refractivity contribution in [3.63, 3.8) is 0 Å². The summed E-state index contributed by atoms with van der Waals surface area (Å²) in [6.45, 7) is 2.23. The Kier molecular flexibility index (Phi) is 4.44.